The number of benzene rings is 1. The van der Waals surface area contributed by atoms with Crippen LogP contribution >= 0.6 is 0 Å². The molecular formula is C13H16F2N4. The van der Waals surface area contributed by atoms with E-state index in [9.17, 15) is 8.78 Å². The lowest BCUT2D eigenvalue weighted by atomic mass is 10.0. The number of aromatic nitrogens is 3. The standard InChI is InChI=1S/C13H16F2N4/c1-16-10(7-11-8-19(2)18-17-11)5-9-3-4-12(14)13(15)6-9/h3-4,6,8,10,16H,5,7H2,1-2H3. The third-order valence-electron chi connectivity index (χ3n) is 2.98. The van der Waals surface area contributed by atoms with Gasteiger partial charge in [-0.1, -0.05) is 11.3 Å². The van der Waals surface area contributed by atoms with Crippen LogP contribution in [0.25, 0.3) is 0 Å². The first-order chi connectivity index (χ1) is 9.08. The molecule has 0 aliphatic rings. The number of hydrogen-bond acceptors (Lipinski definition) is 3. The summed E-state index contributed by atoms with van der Waals surface area (Å²) in [5, 5.41) is 11.0. The lowest BCUT2D eigenvalue weighted by Gasteiger charge is -2.14. The molecule has 0 spiro atoms. The van der Waals surface area contributed by atoms with Gasteiger partial charge >= 0.3 is 0 Å². The van der Waals surface area contributed by atoms with Gasteiger partial charge < -0.3 is 5.32 Å². The fourth-order valence-electron chi connectivity index (χ4n) is 1.97. The molecule has 0 saturated carbocycles. The van der Waals surface area contributed by atoms with E-state index in [0.717, 1.165) is 17.3 Å². The second kappa shape index (κ2) is 5.88. The Labute approximate surface area is 110 Å². The summed E-state index contributed by atoms with van der Waals surface area (Å²) >= 11 is 0. The number of nitrogens with zero attached hydrogens (tertiary/aromatic N) is 3. The normalized spacial score (nSPS) is 12.6. The Kier molecular flexibility index (Phi) is 4.21. The van der Waals surface area contributed by atoms with E-state index in [2.05, 4.69) is 15.6 Å². The molecule has 0 aliphatic heterocycles. The molecule has 1 heterocycles. The van der Waals surface area contributed by atoms with Crippen molar-refractivity contribution in [1.29, 1.82) is 0 Å². The van der Waals surface area contributed by atoms with Crippen molar-refractivity contribution in [3.63, 3.8) is 0 Å². The molecule has 0 fully saturated rings. The molecule has 1 unspecified atom stereocenters. The summed E-state index contributed by atoms with van der Waals surface area (Å²) in [6.07, 6.45) is 3.13. The van der Waals surface area contributed by atoms with Crippen LogP contribution in [0.15, 0.2) is 24.4 Å². The maximum absolute atomic E-state index is 13.1. The highest BCUT2D eigenvalue weighted by molar-refractivity contribution is 5.19. The largest absolute Gasteiger partial charge is 0.316 e. The number of likely N-dealkylation sites (N-methyl/N-ethyl adjacent to an activating group) is 1. The SMILES string of the molecule is CNC(Cc1ccc(F)c(F)c1)Cc1cn(C)nn1. The molecular weight excluding hydrogens is 250 g/mol. The molecule has 1 aromatic carbocycles. The molecule has 102 valence electrons. The van der Waals surface area contributed by atoms with Crippen LogP contribution in [0.1, 0.15) is 11.3 Å². The molecule has 1 atom stereocenters. The average molecular weight is 266 g/mol. The number of halogens is 2. The lowest BCUT2D eigenvalue weighted by molar-refractivity contribution is 0.502. The number of aryl methyl sites for hydroxylation is 1. The van der Waals surface area contributed by atoms with E-state index in [1.54, 1.807) is 17.8 Å². The molecule has 0 bridgehead atoms. The second-order valence-electron chi connectivity index (χ2n) is 4.53. The van der Waals surface area contributed by atoms with E-state index >= 15 is 0 Å². The zero-order chi connectivity index (χ0) is 13.8. The van der Waals surface area contributed by atoms with Gasteiger partial charge in [-0.2, -0.15) is 0 Å². The molecule has 4 nitrogen and oxygen atoms in total. The van der Waals surface area contributed by atoms with Gasteiger partial charge in [0.05, 0.1) is 5.69 Å². The van der Waals surface area contributed by atoms with Gasteiger partial charge in [0.1, 0.15) is 0 Å². The first-order valence-electron chi connectivity index (χ1n) is 6.05. The minimum Gasteiger partial charge on any atom is -0.316 e. The maximum Gasteiger partial charge on any atom is 0.159 e. The summed E-state index contributed by atoms with van der Waals surface area (Å²) in [7, 11) is 3.64. The number of nitrogens with one attached hydrogen (secondary N) is 1. The van der Waals surface area contributed by atoms with Crippen molar-refractivity contribution in [3.05, 3.63) is 47.3 Å². The Morgan fingerprint density at radius 1 is 1.26 bits per heavy atom. The zero-order valence-electron chi connectivity index (χ0n) is 10.9. The van der Waals surface area contributed by atoms with Crippen LogP contribution < -0.4 is 5.32 Å². The molecule has 1 N–H and O–H groups in total. The predicted octanol–water partition coefficient (Wildman–Crippen LogP) is 1.47. The summed E-state index contributed by atoms with van der Waals surface area (Å²) in [6, 6.07) is 4.08. The summed E-state index contributed by atoms with van der Waals surface area (Å²) in [5.74, 6) is -1.63. The molecule has 0 saturated heterocycles. The summed E-state index contributed by atoms with van der Waals surface area (Å²) in [6.45, 7) is 0. The van der Waals surface area contributed by atoms with E-state index in [0.29, 0.717) is 12.8 Å². The van der Waals surface area contributed by atoms with E-state index in [-0.39, 0.29) is 6.04 Å². The molecule has 1 aromatic heterocycles. The molecule has 19 heavy (non-hydrogen) atoms. The Hall–Kier alpha value is -1.82. The van der Waals surface area contributed by atoms with Gasteiger partial charge in [-0.05, 0) is 31.2 Å². The monoisotopic (exact) mass is 266 g/mol. The van der Waals surface area contributed by atoms with Crippen molar-refractivity contribution >= 4 is 0 Å². The van der Waals surface area contributed by atoms with E-state index < -0.39 is 11.6 Å². The smallest absolute Gasteiger partial charge is 0.159 e. The van der Waals surface area contributed by atoms with Crippen LogP contribution in [0, 0.1) is 11.6 Å². The molecule has 0 amide bonds. The van der Waals surface area contributed by atoms with E-state index in [4.69, 9.17) is 0 Å². The Morgan fingerprint density at radius 3 is 2.63 bits per heavy atom. The highest BCUT2D eigenvalue weighted by Crippen LogP contribution is 2.12. The number of rotatable bonds is 5. The van der Waals surface area contributed by atoms with Crippen molar-refractivity contribution in [3.8, 4) is 0 Å². The first-order valence-corrected chi connectivity index (χ1v) is 6.05. The quantitative estimate of drug-likeness (QED) is 0.891. The summed E-state index contributed by atoms with van der Waals surface area (Å²) in [5.41, 5.74) is 1.62. The fourth-order valence-corrected chi connectivity index (χ4v) is 1.97. The fraction of sp³-hybridized carbons (Fsp3) is 0.385. The highest BCUT2D eigenvalue weighted by atomic mass is 19.2. The number of hydrogen-bond donors (Lipinski definition) is 1. The maximum atomic E-state index is 13.1. The molecule has 0 radical (unpaired) electrons. The first kappa shape index (κ1) is 13.6. The third kappa shape index (κ3) is 3.57. The van der Waals surface area contributed by atoms with Gasteiger partial charge in [0.15, 0.2) is 11.6 Å². The second-order valence-corrected chi connectivity index (χ2v) is 4.53. The van der Waals surface area contributed by atoms with Crippen LogP contribution in [-0.2, 0) is 19.9 Å². The van der Waals surface area contributed by atoms with Crippen molar-refractivity contribution in [1.82, 2.24) is 20.3 Å². The van der Waals surface area contributed by atoms with Gasteiger partial charge in [0, 0.05) is 25.7 Å². The van der Waals surface area contributed by atoms with Crippen LogP contribution in [0.5, 0.6) is 0 Å². The highest BCUT2D eigenvalue weighted by Gasteiger charge is 2.12. The van der Waals surface area contributed by atoms with Crippen molar-refractivity contribution in [2.75, 3.05) is 7.05 Å². The Morgan fingerprint density at radius 2 is 2.05 bits per heavy atom. The zero-order valence-corrected chi connectivity index (χ0v) is 10.9. The third-order valence-corrected chi connectivity index (χ3v) is 2.98. The van der Waals surface area contributed by atoms with Gasteiger partial charge in [0.25, 0.3) is 0 Å². The van der Waals surface area contributed by atoms with Gasteiger partial charge in [-0.15, -0.1) is 5.10 Å². The van der Waals surface area contributed by atoms with Crippen LogP contribution in [0.2, 0.25) is 0 Å². The van der Waals surface area contributed by atoms with Crippen LogP contribution in [-0.4, -0.2) is 28.1 Å². The van der Waals surface area contributed by atoms with Crippen LogP contribution in [0.4, 0.5) is 8.78 Å². The molecule has 2 rings (SSSR count). The van der Waals surface area contributed by atoms with E-state index in [1.165, 1.54) is 6.07 Å². The molecule has 6 heteroatoms. The molecule has 2 aromatic rings. The average Bonchev–Trinajstić information content (AvgIpc) is 2.78. The summed E-state index contributed by atoms with van der Waals surface area (Å²) < 4.78 is 27.6. The van der Waals surface area contributed by atoms with Crippen LogP contribution in [0.3, 0.4) is 0 Å². The molecule has 0 aliphatic carbocycles. The van der Waals surface area contributed by atoms with Crippen molar-refractivity contribution in [2.24, 2.45) is 7.05 Å². The Bertz CT molecular complexity index is 553. The van der Waals surface area contributed by atoms with E-state index in [1.807, 2.05) is 13.2 Å². The predicted molar refractivity (Wildman–Crippen MR) is 67.6 cm³/mol. The van der Waals surface area contributed by atoms with Gasteiger partial charge in [0.2, 0.25) is 0 Å². The van der Waals surface area contributed by atoms with Gasteiger partial charge in [-0.3, -0.25) is 4.68 Å². The van der Waals surface area contributed by atoms with Crippen molar-refractivity contribution in [2.45, 2.75) is 18.9 Å². The lowest BCUT2D eigenvalue weighted by Crippen LogP contribution is -2.30. The Balaban J connectivity index is 2.04. The van der Waals surface area contributed by atoms with Gasteiger partial charge in [-0.25, -0.2) is 8.78 Å². The minimum atomic E-state index is -0.821. The summed E-state index contributed by atoms with van der Waals surface area (Å²) in [4.78, 5) is 0. The topological polar surface area (TPSA) is 42.7 Å². The minimum absolute atomic E-state index is 0.0987. The van der Waals surface area contributed by atoms with Crippen molar-refractivity contribution < 1.29 is 8.78 Å².